The summed E-state index contributed by atoms with van der Waals surface area (Å²) < 4.78 is 11.4. The van der Waals surface area contributed by atoms with Crippen LogP contribution in [0.15, 0.2) is 30.3 Å². The smallest absolute Gasteiger partial charge is 0.210 e. The monoisotopic (exact) mass is 189 g/mol. The molecule has 0 aliphatic heterocycles. The molecule has 1 unspecified atom stereocenters. The molecule has 1 aromatic carbocycles. The molecule has 0 amide bonds. The molecule has 0 bridgehead atoms. The van der Waals surface area contributed by atoms with Crippen LogP contribution < -0.4 is 11.0 Å². The summed E-state index contributed by atoms with van der Waals surface area (Å²) in [5.74, 6) is 0. The highest BCUT2D eigenvalue weighted by Gasteiger charge is 2.17. The number of hydrogen-bond acceptors (Lipinski definition) is 2. The van der Waals surface area contributed by atoms with E-state index in [9.17, 15) is 4.57 Å². The van der Waals surface area contributed by atoms with E-state index in [2.05, 4.69) is 0 Å². The van der Waals surface area contributed by atoms with Gasteiger partial charge in [-0.2, -0.15) is 0 Å². The van der Waals surface area contributed by atoms with E-state index < -0.39 is 6.49 Å². The lowest BCUT2D eigenvalue weighted by atomic mass is 10.4. The maximum Gasteiger partial charge on any atom is 0.210 e. The second-order valence-corrected chi connectivity index (χ2v) is 5.99. The van der Waals surface area contributed by atoms with Crippen molar-refractivity contribution in [3.05, 3.63) is 30.3 Å². The van der Waals surface area contributed by atoms with E-state index in [-0.39, 0.29) is 6.29 Å². The molecule has 0 radical (unpaired) electrons. The highest BCUT2D eigenvalue weighted by Crippen LogP contribution is 2.47. The van der Waals surface area contributed by atoms with Gasteiger partial charge < -0.3 is 10.3 Å². The molecule has 11 heavy (non-hydrogen) atoms. The Morgan fingerprint density at radius 1 is 1.36 bits per heavy atom. The lowest BCUT2D eigenvalue weighted by molar-refractivity contribution is 0.590. The van der Waals surface area contributed by atoms with Gasteiger partial charge in [-0.15, -0.1) is 0 Å². The van der Waals surface area contributed by atoms with Gasteiger partial charge in [0.25, 0.3) is 0 Å². The van der Waals surface area contributed by atoms with Crippen LogP contribution in [0.1, 0.15) is 0 Å². The van der Waals surface area contributed by atoms with Gasteiger partial charge in [-0.1, -0.05) is 30.3 Å². The minimum Gasteiger partial charge on any atom is -0.323 e. The molecule has 1 rings (SSSR count). The maximum atomic E-state index is 11.4. The van der Waals surface area contributed by atoms with E-state index in [0.717, 1.165) is 0 Å². The summed E-state index contributed by atoms with van der Waals surface area (Å²) in [6.07, 6.45) is 0.0125. The van der Waals surface area contributed by atoms with Crippen molar-refractivity contribution in [2.45, 2.75) is 0 Å². The first kappa shape index (κ1) is 8.79. The van der Waals surface area contributed by atoms with Gasteiger partial charge in [0.2, 0.25) is 6.49 Å². The molecular weight excluding hydrogens is 181 g/mol. The number of halogens is 1. The lowest BCUT2D eigenvalue weighted by Gasteiger charge is -2.05. The molecule has 4 heteroatoms. The number of benzene rings is 1. The zero-order valence-corrected chi connectivity index (χ0v) is 7.55. The van der Waals surface area contributed by atoms with Crippen LogP contribution in [0.25, 0.3) is 0 Å². The SMILES string of the molecule is NCP(=O)(Cl)c1ccccc1. The van der Waals surface area contributed by atoms with Crippen LogP contribution >= 0.6 is 17.7 Å². The molecule has 0 aliphatic rings. The molecule has 0 fully saturated rings. The number of hydrogen-bond donors (Lipinski definition) is 1. The molecule has 0 aliphatic carbocycles. The molecule has 0 saturated heterocycles. The summed E-state index contributed by atoms with van der Waals surface area (Å²) in [6.45, 7) is -2.78. The van der Waals surface area contributed by atoms with Gasteiger partial charge in [-0.25, -0.2) is 0 Å². The van der Waals surface area contributed by atoms with E-state index in [1.54, 1.807) is 24.3 Å². The topological polar surface area (TPSA) is 43.1 Å². The second-order valence-electron chi connectivity index (χ2n) is 2.17. The summed E-state index contributed by atoms with van der Waals surface area (Å²) in [5.41, 5.74) is 5.24. The van der Waals surface area contributed by atoms with E-state index in [0.29, 0.717) is 5.30 Å². The van der Waals surface area contributed by atoms with Crippen LogP contribution in [0, 0.1) is 0 Å². The first-order chi connectivity index (χ1) is 5.17. The standard InChI is InChI=1S/C7H9ClNOP/c8-11(10,6-9)7-4-2-1-3-5-7/h1-5H,6,9H2. The van der Waals surface area contributed by atoms with Crippen molar-refractivity contribution in [3.63, 3.8) is 0 Å². The lowest BCUT2D eigenvalue weighted by Crippen LogP contribution is -2.08. The van der Waals surface area contributed by atoms with Gasteiger partial charge in [0, 0.05) is 5.30 Å². The van der Waals surface area contributed by atoms with Crippen molar-refractivity contribution in [3.8, 4) is 0 Å². The molecule has 0 spiro atoms. The fraction of sp³-hybridized carbons (Fsp3) is 0.143. The average Bonchev–Trinajstić information content (AvgIpc) is 2.06. The molecule has 0 saturated carbocycles. The van der Waals surface area contributed by atoms with Gasteiger partial charge in [0.15, 0.2) is 0 Å². The first-order valence-electron chi connectivity index (χ1n) is 3.21. The molecule has 1 aromatic rings. The van der Waals surface area contributed by atoms with E-state index in [4.69, 9.17) is 17.0 Å². The molecule has 2 nitrogen and oxygen atoms in total. The van der Waals surface area contributed by atoms with Crippen molar-refractivity contribution in [2.75, 3.05) is 6.29 Å². The first-order valence-corrected chi connectivity index (χ1v) is 6.01. The van der Waals surface area contributed by atoms with Crippen molar-refractivity contribution < 1.29 is 4.57 Å². The highest BCUT2D eigenvalue weighted by atomic mass is 35.7. The van der Waals surface area contributed by atoms with Gasteiger partial charge in [-0.05, 0) is 11.2 Å². The Morgan fingerprint density at radius 3 is 2.36 bits per heavy atom. The van der Waals surface area contributed by atoms with Gasteiger partial charge >= 0.3 is 0 Å². The van der Waals surface area contributed by atoms with Gasteiger partial charge in [0.05, 0.1) is 6.29 Å². The molecule has 1 atom stereocenters. The Bertz CT molecular complexity index is 275. The van der Waals surface area contributed by atoms with Gasteiger partial charge in [0.1, 0.15) is 0 Å². The number of nitrogens with two attached hydrogens (primary N) is 1. The van der Waals surface area contributed by atoms with Crippen molar-refractivity contribution in [1.82, 2.24) is 0 Å². The average molecular weight is 190 g/mol. The largest absolute Gasteiger partial charge is 0.323 e. The predicted octanol–water partition coefficient (Wildman–Crippen LogP) is 1.74. The molecule has 2 N–H and O–H groups in total. The minimum atomic E-state index is -2.78. The Labute approximate surface area is 70.5 Å². The van der Waals surface area contributed by atoms with Crippen LogP contribution in [-0.2, 0) is 4.57 Å². The summed E-state index contributed by atoms with van der Waals surface area (Å²) >= 11 is 5.68. The highest BCUT2D eigenvalue weighted by molar-refractivity contribution is 7.95. The fourth-order valence-electron chi connectivity index (χ4n) is 0.756. The van der Waals surface area contributed by atoms with Crippen molar-refractivity contribution >= 4 is 23.0 Å². The van der Waals surface area contributed by atoms with Crippen LogP contribution in [0.2, 0.25) is 0 Å². The summed E-state index contributed by atoms with van der Waals surface area (Å²) in [6, 6.07) is 8.87. The Morgan fingerprint density at radius 2 is 1.91 bits per heavy atom. The predicted molar refractivity (Wildman–Crippen MR) is 48.6 cm³/mol. The third-order valence-corrected chi connectivity index (χ3v) is 3.92. The molecular formula is C7H9ClNOP. The number of rotatable bonds is 2. The summed E-state index contributed by atoms with van der Waals surface area (Å²) in [7, 11) is 0. The third kappa shape index (κ3) is 2.06. The van der Waals surface area contributed by atoms with Crippen LogP contribution in [0.4, 0.5) is 0 Å². The zero-order valence-electron chi connectivity index (χ0n) is 5.90. The zero-order chi connectivity index (χ0) is 8.32. The van der Waals surface area contributed by atoms with Gasteiger partial charge in [-0.3, -0.25) is 0 Å². The Hall–Kier alpha value is -0.300. The minimum absolute atomic E-state index is 0.0125. The Kier molecular flexibility index (Phi) is 2.72. The van der Waals surface area contributed by atoms with E-state index in [1.807, 2.05) is 6.07 Å². The van der Waals surface area contributed by atoms with E-state index >= 15 is 0 Å². The second kappa shape index (κ2) is 3.40. The van der Waals surface area contributed by atoms with Crippen LogP contribution in [0.3, 0.4) is 0 Å². The third-order valence-electron chi connectivity index (χ3n) is 1.38. The Balaban J connectivity index is 3.03. The maximum absolute atomic E-state index is 11.4. The fourth-order valence-corrected chi connectivity index (χ4v) is 1.92. The normalized spacial score (nSPS) is 15.8. The molecule has 0 heterocycles. The summed E-state index contributed by atoms with van der Waals surface area (Å²) in [4.78, 5) is 0. The molecule has 0 aromatic heterocycles. The van der Waals surface area contributed by atoms with Crippen molar-refractivity contribution in [1.29, 1.82) is 0 Å². The molecule has 60 valence electrons. The van der Waals surface area contributed by atoms with Crippen molar-refractivity contribution in [2.24, 2.45) is 5.73 Å². The summed E-state index contributed by atoms with van der Waals surface area (Å²) in [5, 5.41) is 0.629. The van der Waals surface area contributed by atoms with Crippen LogP contribution in [-0.4, -0.2) is 6.29 Å². The quantitative estimate of drug-likeness (QED) is 0.721. The van der Waals surface area contributed by atoms with E-state index in [1.165, 1.54) is 0 Å². The van der Waals surface area contributed by atoms with Crippen LogP contribution in [0.5, 0.6) is 0 Å².